The van der Waals surface area contributed by atoms with Gasteiger partial charge in [0.25, 0.3) is 5.91 Å². The maximum atomic E-state index is 12.0. The Morgan fingerprint density at radius 3 is 2.94 bits per heavy atom. The van der Waals surface area contributed by atoms with Gasteiger partial charge in [-0.15, -0.1) is 0 Å². The molecule has 1 aromatic carbocycles. The fourth-order valence-electron chi connectivity index (χ4n) is 1.74. The van der Waals surface area contributed by atoms with Crippen LogP contribution in [-0.4, -0.2) is 23.7 Å². The quantitative estimate of drug-likeness (QED) is 0.916. The van der Waals surface area contributed by atoms with E-state index in [9.17, 15) is 4.79 Å². The third kappa shape index (κ3) is 2.42. The molecule has 2 N–H and O–H groups in total. The summed E-state index contributed by atoms with van der Waals surface area (Å²) in [5, 5.41) is 12.5. The van der Waals surface area contributed by atoms with Gasteiger partial charge >= 0.3 is 0 Å². The van der Waals surface area contributed by atoms with E-state index in [1.54, 1.807) is 6.92 Å². The van der Waals surface area contributed by atoms with Gasteiger partial charge in [0.2, 0.25) is 0 Å². The number of carbonyl (C=O) groups excluding carboxylic acids is 1. The lowest BCUT2D eigenvalue weighted by atomic mass is 10.1. The normalized spacial score (nSPS) is 12.7. The largest absolute Gasteiger partial charge is 0.451 e. The van der Waals surface area contributed by atoms with Crippen molar-refractivity contribution in [3.63, 3.8) is 0 Å². The van der Waals surface area contributed by atoms with Gasteiger partial charge in [-0.25, -0.2) is 0 Å². The summed E-state index contributed by atoms with van der Waals surface area (Å²) in [6, 6.07) is 5.31. The van der Waals surface area contributed by atoms with Gasteiger partial charge in [0.15, 0.2) is 5.76 Å². The Balaban J connectivity index is 2.40. The van der Waals surface area contributed by atoms with E-state index in [-0.39, 0.29) is 18.6 Å². The van der Waals surface area contributed by atoms with Crippen LogP contribution in [0.25, 0.3) is 11.0 Å². The number of hydrogen-bond acceptors (Lipinski definition) is 3. The Morgan fingerprint density at radius 1 is 1.56 bits per heavy atom. The number of carbonyl (C=O) groups is 1. The highest BCUT2D eigenvalue weighted by Gasteiger charge is 2.18. The van der Waals surface area contributed by atoms with Gasteiger partial charge in [-0.1, -0.05) is 15.9 Å². The van der Waals surface area contributed by atoms with Crippen molar-refractivity contribution in [3.8, 4) is 0 Å². The molecule has 0 aliphatic rings. The van der Waals surface area contributed by atoms with Crippen molar-refractivity contribution in [1.82, 2.24) is 5.32 Å². The first-order valence-corrected chi connectivity index (χ1v) is 6.42. The molecule has 1 amide bonds. The van der Waals surface area contributed by atoms with Crippen LogP contribution in [0, 0.1) is 6.92 Å². The molecular formula is C13H14BrNO3. The molecule has 1 unspecified atom stereocenters. The Labute approximate surface area is 113 Å². The molecule has 1 aromatic heterocycles. The number of benzene rings is 1. The molecule has 2 rings (SSSR count). The van der Waals surface area contributed by atoms with Gasteiger partial charge in [-0.2, -0.15) is 0 Å². The molecule has 0 aliphatic carbocycles. The van der Waals surface area contributed by atoms with Crippen LogP contribution in [0.2, 0.25) is 0 Å². The predicted molar refractivity (Wildman–Crippen MR) is 72.7 cm³/mol. The van der Waals surface area contributed by atoms with Crippen molar-refractivity contribution in [2.24, 2.45) is 0 Å². The van der Waals surface area contributed by atoms with E-state index >= 15 is 0 Å². The summed E-state index contributed by atoms with van der Waals surface area (Å²) in [7, 11) is 0. The van der Waals surface area contributed by atoms with Gasteiger partial charge < -0.3 is 14.8 Å². The molecule has 0 saturated heterocycles. The zero-order valence-corrected chi connectivity index (χ0v) is 11.7. The van der Waals surface area contributed by atoms with Crippen LogP contribution in [0.1, 0.15) is 23.0 Å². The summed E-state index contributed by atoms with van der Waals surface area (Å²) in [4.78, 5) is 12.0. The molecule has 0 fully saturated rings. The van der Waals surface area contributed by atoms with E-state index in [4.69, 9.17) is 9.52 Å². The predicted octanol–water partition coefficient (Wildman–Crippen LogP) is 2.61. The average molecular weight is 312 g/mol. The van der Waals surface area contributed by atoms with E-state index in [0.29, 0.717) is 11.3 Å². The van der Waals surface area contributed by atoms with Crippen molar-refractivity contribution < 1.29 is 14.3 Å². The van der Waals surface area contributed by atoms with Crippen LogP contribution in [0.15, 0.2) is 27.1 Å². The summed E-state index contributed by atoms with van der Waals surface area (Å²) in [5.74, 6) is -0.00947. The lowest BCUT2D eigenvalue weighted by Crippen LogP contribution is -2.35. The van der Waals surface area contributed by atoms with Crippen molar-refractivity contribution >= 4 is 32.8 Å². The number of nitrogens with one attached hydrogen (secondary N) is 1. The van der Waals surface area contributed by atoms with E-state index in [2.05, 4.69) is 21.2 Å². The summed E-state index contributed by atoms with van der Waals surface area (Å²) in [5.41, 5.74) is 1.48. The number of furan rings is 1. The number of amides is 1. The highest BCUT2D eigenvalue weighted by molar-refractivity contribution is 9.10. The van der Waals surface area contributed by atoms with Crippen molar-refractivity contribution in [1.29, 1.82) is 0 Å². The highest BCUT2D eigenvalue weighted by atomic mass is 79.9. The molecule has 5 heteroatoms. The smallest absolute Gasteiger partial charge is 0.287 e. The van der Waals surface area contributed by atoms with Gasteiger partial charge in [0.1, 0.15) is 5.58 Å². The number of aryl methyl sites for hydroxylation is 1. The second-order valence-electron chi connectivity index (χ2n) is 4.25. The molecular weight excluding hydrogens is 298 g/mol. The first-order chi connectivity index (χ1) is 8.52. The van der Waals surface area contributed by atoms with Crippen LogP contribution in [0.4, 0.5) is 0 Å². The van der Waals surface area contributed by atoms with Crippen LogP contribution < -0.4 is 5.32 Å². The van der Waals surface area contributed by atoms with Crippen LogP contribution in [0.3, 0.4) is 0 Å². The number of aliphatic hydroxyl groups is 1. The molecule has 1 heterocycles. The molecule has 0 radical (unpaired) electrons. The number of hydrogen-bond donors (Lipinski definition) is 2. The Hall–Kier alpha value is -1.33. The van der Waals surface area contributed by atoms with E-state index in [0.717, 1.165) is 15.4 Å². The molecule has 2 aromatic rings. The molecule has 4 nitrogen and oxygen atoms in total. The van der Waals surface area contributed by atoms with E-state index < -0.39 is 0 Å². The van der Waals surface area contributed by atoms with Gasteiger partial charge in [-0.3, -0.25) is 4.79 Å². The van der Waals surface area contributed by atoms with Crippen LogP contribution >= 0.6 is 15.9 Å². The van der Waals surface area contributed by atoms with Crippen molar-refractivity contribution in [3.05, 3.63) is 34.0 Å². The third-order valence-electron chi connectivity index (χ3n) is 2.76. The van der Waals surface area contributed by atoms with Crippen molar-refractivity contribution in [2.45, 2.75) is 19.9 Å². The lowest BCUT2D eigenvalue weighted by Gasteiger charge is -2.09. The zero-order chi connectivity index (χ0) is 13.3. The summed E-state index contributed by atoms with van der Waals surface area (Å²) < 4.78 is 6.49. The van der Waals surface area contributed by atoms with Crippen LogP contribution in [0.5, 0.6) is 0 Å². The third-order valence-corrected chi connectivity index (χ3v) is 3.25. The molecule has 18 heavy (non-hydrogen) atoms. The average Bonchev–Trinajstić information content (AvgIpc) is 2.66. The first-order valence-electron chi connectivity index (χ1n) is 5.63. The highest BCUT2D eigenvalue weighted by Crippen LogP contribution is 2.27. The summed E-state index contributed by atoms with van der Waals surface area (Å²) in [6.07, 6.45) is 0. The second kappa shape index (κ2) is 5.12. The Morgan fingerprint density at radius 2 is 2.28 bits per heavy atom. The Kier molecular flexibility index (Phi) is 3.73. The summed E-state index contributed by atoms with van der Waals surface area (Å²) >= 11 is 3.39. The number of rotatable bonds is 3. The van der Waals surface area contributed by atoms with E-state index in [1.165, 1.54) is 0 Å². The number of aliphatic hydroxyl groups excluding tert-OH is 1. The van der Waals surface area contributed by atoms with Gasteiger partial charge in [0.05, 0.1) is 6.61 Å². The molecule has 0 bridgehead atoms. The molecule has 0 spiro atoms. The second-order valence-corrected chi connectivity index (χ2v) is 5.17. The standard InChI is InChI=1S/C13H14BrNO3/c1-7(6-16)15-13(17)12-8(2)10-5-9(14)3-4-11(10)18-12/h3-5,7,16H,6H2,1-2H3,(H,15,17). The molecule has 0 saturated carbocycles. The minimum absolute atomic E-state index is 0.101. The zero-order valence-electron chi connectivity index (χ0n) is 10.2. The fourth-order valence-corrected chi connectivity index (χ4v) is 2.11. The fraction of sp³-hybridized carbons (Fsp3) is 0.308. The SMILES string of the molecule is Cc1c(C(=O)NC(C)CO)oc2ccc(Br)cc12. The minimum Gasteiger partial charge on any atom is -0.451 e. The van der Waals surface area contributed by atoms with Gasteiger partial charge in [0, 0.05) is 21.5 Å². The summed E-state index contributed by atoms with van der Waals surface area (Å²) in [6.45, 7) is 3.47. The van der Waals surface area contributed by atoms with Crippen molar-refractivity contribution in [2.75, 3.05) is 6.61 Å². The molecule has 96 valence electrons. The Bertz CT molecular complexity index is 591. The molecule has 1 atom stereocenters. The topological polar surface area (TPSA) is 62.5 Å². The minimum atomic E-state index is -0.304. The number of fused-ring (bicyclic) bond motifs is 1. The maximum Gasteiger partial charge on any atom is 0.287 e. The van der Waals surface area contributed by atoms with E-state index in [1.807, 2.05) is 25.1 Å². The maximum absolute atomic E-state index is 12.0. The lowest BCUT2D eigenvalue weighted by molar-refractivity contribution is 0.0895. The number of halogens is 1. The van der Waals surface area contributed by atoms with Crippen LogP contribution in [-0.2, 0) is 0 Å². The monoisotopic (exact) mass is 311 g/mol. The first kappa shape index (κ1) is 13.1. The molecule has 0 aliphatic heterocycles. The van der Waals surface area contributed by atoms with Gasteiger partial charge in [-0.05, 0) is 32.0 Å².